The van der Waals surface area contributed by atoms with Crippen molar-refractivity contribution in [2.24, 2.45) is 5.92 Å². The number of halogens is 1. The van der Waals surface area contributed by atoms with E-state index in [1.807, 2.05) is 6.07 Å². The lowest BCUT2D eigenvalue weighted by atomic mass is 9.95. The van der Waals surface area contributed by atoms with Crippen molar-refractivity contribution in [2.75, 3.05) is 33.4 Å². The Kier molecular flexibility index (Phi) is 8.39. The predicted molar refractivity (Wildman–Crippen MR) is 136 cm³/mol. The molecule has 1 aliphatic carbocycles. The van der Waals surface area contributed by atoms with Crippen LogP contribution in [0.4, 0.5) is 9.18 Å². The van der Waals surface area contributed by atoms with Crippen LogP contribution in [0, 0.1) is 23.1 Å². The summed E-state index contributed by atoms with van der Waals surface area (Å²) in [4.78, 5) is 30.0. The van der Waals surface area contributed by atoms with Gasteiger partial charge in [0, 0.05) is 32.7 Å². The molecule has 3 fully saturated rings. The number of nitriles is 1. The largest absolute Gasteiger partial charge is 0.444 e. The van der Waals surface area contributed by atoms with Gasteiger partial charge in [0.2, 0.25) is 5.91 Å². The molecular weight excluding hydrogens is 475 g/mol. The lowest BCUT2D eigenvalue weighted by Gasteiger charge is -2.35. The maximum Gasteiger partial charge on any atom is 0.411 e. The molecule has 2 aliphatic heterocycles. The molecular formula is C28H39FN4O4. The zero-order valence-electron chi connectivity index (χ0n) is 22.3. The van der Waals surface area contributed by atoms with E-state index in [0.717, 1.165) is 50.9 Å². The van der Waals surface area contributed by atoms with E-state index in [2.05, 4.69) is 16.3 Å². The van der Waals surface area contributed by atoms with Crippen molar-refractivity contribution in [3.63, 3.8) is 0 Å². The summed E-state index contributed by atoms with van der Waals surface area (Å²) in [7, 11) is 1.69. The molecule has 8 nitrogen and oxygen atoms in total. The van der Waals surface area contributed by atoms with Gasteiger partial charge in [-0.1, -0.05) is 12.1 Å². The molecule has 2 saturated heterocycles. The van der Waals surface area contributed by atoms with Crippen LogP contribution in [0.2, 0.25) is 0 Å². The molecule has 2 amide bonds. The van der Waals surface area contributed by atoms with Crippen molar-refractivity contribution < 1.29 is 23.5 Å². The number of amides is 2. The number of likely N-dealkylation sites (tertiary alicyclic amines) is 2. The summed E-state index contributed by atoms with van der Waals surface area (Å²) >= 11 is 0. The lowest BCUT2D eigenvalue weighted by Crippen LogP contribution is -2.55. The summed E-state index contributed by atoms with van der Waals surface area (Å²) in [5.41, 5.74) is 0.676. The summed E-state index contributed by atoms with van der Waals surface area (Å²) in [6.07, 6.45) is 3.00. The number of rotatable bonds is 8. The van der Waals surface area contributed by atoms with Gasteiger partial charge < -0.3 is 19.7 Å². The van der Waals surface area contributed by atoms with Crippen LogP contribution >= 0.6 is 0 Å². The Morgan fingerprint density at radius 2 is 2.05 bits per heavy atom. The highest BCUT2D eigenvalue weighted by molar-refractivity contribution is 5.87. The van der Waals surface area contributed by atoms with E-state index in [1.165, 1.54) is 0 Å². The summed E-state index contributed by atoms with van der Waals surface area (Å²) in [6, 6.07) is 5.73. The first-order valence-corrected chi connectivity index (χ1v) is 13.3. The molecule has 37 heavy (non-hydrogen) atoms. The molecule has 1 N–H and O–H groups in total. The number of hydrogen-bond acceptors (Lipinski definition) is 6. The molecule has 0 spiro atoms. The first kappa shape index (κ1) is 27.3. The van der Waals surface area contributed by atoms with Gasteiger partial charge in [-0.25, -0.2) is 9.18 Å². The maximum absolute atomic E-state index is 15.1. The van der Waals surface area contributed by atoms with Crippen molar-refractivity contribution in [1.29, 1.82) is 5.26 Å². The Morgan fingerprint density at radius 1 is 1.27 bits per heavy atom. The molecule has 202 valence electrons. The average Bonchev–Trinajstić information content (AvgIpc) is 3.58. The maximum atomic E-state index is 15.1. The third-order valence-electron chi connectivity index (χ3n) is 7.79. The van der Waals surface area contributed by atoms with E-state index >= 15 is 4.39 Å². The van der Waals surface area contributed by atoms with Gasteiger partial charge in [-0.05, 0) is 82.0 Å². The highest BCUT2D eigenvalue weighted by Gasteiger charge is 2.52. The Bertz CT molecular complexity index is 1040. The van der Waals surface area contributed by atoms with Gasteiger partial charge >= 0.3 is 6.09 Å². The molecule has 4 rings (SSSR count). The van der Waals surface area contributed by atoms with E-state index in [0.29, 0.717) is 12.2 Å². The normalized spacial score (nSPS) is 26.2. The molecule has 5 atom stereocenters. The van der Waals surface area contributed by atoms with Crippen LogP contribution in [0.1, 0.15) is 63.5 Å². The number of methoxy groups -OCH3 is 1. The molecule has 4 unspecified atom stereocenters. The van der Waals surface area contributed by atoms with Crippen LogP contribution in [-0.2, 0) is 20.7 Å². The van der Waals surface area contributed by atoms with Crippen molar-refractivity contribution in [3.05, 3.63) is 35.1 Å². The minimum absolute atomic E-state index is 0.0258. The first-order valence-electron chi connectivity index (χ1n) is 13.3. The van der Waals surface area contributed by atoms with Crippen LogP contribution in [0.5, 0.6) is 0 Å². The van der Waals surface area contributed by atoms with E-state index in [9.17, 15) is 14.9 Å². The smallest absolute Gasteiger partial charge is 0.411 e. The molecule has 3 aliphatic rings. The zero-order chi connectivity index (χ0) is 26.7. The third-order valence-corrected chi connectivity index (χ3v) is 7.79. The molecule has 1 aromatic carbocycles. The number of carbonyl (C=O) groups is 2. The van der Waals surface area contributed by atoms with Crippen LogP contribution in [0.25, 0.3) is 0 Å². The second-order valence-corrected chi connectivity index (χ2v) is 11.6. The Labute approximate surface area is 219 Å². The molecule has 2 heterocycles. The molecule has 1 saturated carbocycles. The fraction of sp³-hybridized carbons (Fsp3) is 0.679. The standard InChI is InChI=1S/C28H39FN4O4/c1-28(2,3)37-27(35)33-23-8-7-20(14-23)25(33)26(34)31-22(16-30)13-19-6-5-18(15-24(19)29)21-9-10-32(17-21)11-12-36-4/h5-6,15,20-23,25H,7-14,17H2,1-4H3,(H,31,34)/t20?,21?,22-,23?,25?/m0/s1. The van der Waals surface area contributed by atoms with E-state index in [4.69, 9.17) is 9.47 Å². The minimum Gasteiger partial charge on any atom is -0.444 e. The van der Waals surface area contributed by atoms with Gasteiger partial charge in [0.05, 0.1) is 12.7 Å². The number of fused-ring (bicyclic) bond motifs is 2. The van der Waals surface area contributed by atoms with Gasteiger partial charge in [0.25, 0.3) is 0 Å². The highest BCUT2D eigenvalue weighted by atomic mass is 19.1. The van der Waals surface area contributed by atoms with Crippen LogP contribution in [0.3, 0.4) is 0 Å². The molecule has 0 radical (unpaired) electrons. The number of piperidine rings is 1. The van der Waals surface area contributed by atoms with Crippen LogP contribution in [0.15, 0.2) is 18.2 Å². The lowest BCUT2D eigenvalue weighted by molar-refractivity contribution is -0.128. The summed E-state index contributed by atoms with van der Waals surface area (Å²) < 4.78 is 25.8. The molecule has 0 aromatic heterocycles. The van der Waals surface area contributed by atoms with Gasteiger partial charge in [0.15, 0.2) is 0 Å². The topological polar surface area (TPSA) is 94.9 Å². The fourth-order valence-electron chi connectivity index (χ4n) is 6.02. The second-order valence-electron chi connectivity index (χ2n) is 11.6. The quantitative estimate of drug-likeness (QED) is 0.570. The number of benzene rings is 1. The fourth-order valence-corrected chi connectivity index (χ4v) is 6.02. The first-order chi connectivity index (χ1) is 17.6. The van der Waals surface area contributed by atoms with Crippen LogP contribution in [-0.4, -0.2) is 78.9 Å². The predicted octanol–water partition coefficient (Wildman–Crippen LogP) is 3.60. The van der Waals surface area contributed by atoms with Gasteiger partial charge in [-0.15, -0.1) is 0 Å². The van der Waals surface area contributed by atoms with Crippen LogP contribution < -0.4 is 5.32 Å². The Balaban J connectivity index is 1.38. The second kappa shape index (κ2) is 11.4. The Hall–Kier alpha value is -2.70. The number of hydrogen-bond donors (Lipinski definition) is 1. The van der Waals surface area contributed by atoms with E-state index in [-0.39, 0.29) is 36.0 Å². The Morgan fingerprint density at radius 3 is 2.73 bits per heavy atom. The molecule has 1 aromatic rings. The van der Waals surface area contributed by atoms with Crippen molar-refractivity contribution in [1.82, 2.24) is 15.1 Å². The number of ether oxygens (including phenoxy) is 2. The highest BCUT2D eigenvalue weighted by Crippen LogP contribution is 2.43. The van der Waals surface area contributed by atoms with E-state index < -0.39 is 23.8 Å². The van der Waals surface area contributed by atoms with Crippen molar-refractivity contribution in [2.45, 2.75) is 82.5 Å². The number of carbonyl (C=O) groups excluding carboxylic acids is 2. The summed E-state index contributed by atoms with van der Waals surface area (Å²) in [5, 5.41) is 12.5. The van der Waals surface area contributed by atoms with Gasteiger partial charge in [0.1, 0.15) is 23.5 Å². The summed E-state index contributed by atoms with van der Waals surface area (Å²) in [5.74, 6) is -0.423. The van der Waals surface area contributed by atoms with E-state index in [1.54, 1.807) is 44.9 Å². The molecule has 2 bridgehead atoms. The van der Waals surface area contributed by atoms with Crippen molar-refractivity contribution >= 4 is 12.0 Å². The average molecular weight is 515 g/mol. The number of nitrogens with zero attached hydrogens (tertiary/aromatic N) is 3. The third kappa shape index (κ3) is 6.42. The van der Waals surface area contributed by atoms with Gasteiger partial charge in [-0.3, -0.25) is 9.69 Å². The monoisotopic (exact) mass is 514 g/mol. The van der Waals surface area contributed by atoms with Gasteiger partial charge in [-0.2, -0.15) is 5.26 Å². The number of nitrogens with one attached hydrogen (secondary N) is 1. The van der Waals surface area contributed by atoms with Crippen molar-refractivity contribution in [3.8, 4) is 6.07 Å². The zero-order valence-corrected chi connectivity index (χ0v) is 22.3. The SMILES string of the molecule is COCCN1CCC(c2ccc(C[C@@H](C#N)NC(=O)C3C4CCC(C4)N3C(=O)OC(C)(C)C)c(F)c2)C1. The summed E-state index contributed by atoms with van der Waals surface area (Å²) in [6.45, 7) is 8.77. The molecule has 9 heteroatoms. The minimum atomic E-state index is -0.900.